The van der Waals surface area contributed by atoms with Crippen molar-refractivity contribution in [2.24, 2.45) is 0 Å². The highest BCUT2D eigenvalue weighted by atomic mass is 19.1. The van der Waals surface area contributed by atoms with Gasteiger partial charge in [-0.1, -0.05) is 12.6 Å². The summed E-state index contributed by atoms with van der Waals surface area (Å²) in [5, 5.41) is 0. The highest BCUT2D eigenvalue weighted by Crippen LogP contribution is 2.21. The number of halogens is 2. The molecular formula is C11H10F2O2. The quantitative estimate of drug-likeness (QED) is 0.568. The summed E-state index contributed by atoms with van der Waals surface area (Å²) < 4.78 is 31.0. The highest BCUT2D eigenvalue weighted by Gasteiger charge is 2.18. The minimum absolute atomic E-state index is 0.133. The summed E-state index contributed by atoms with van der Waals surface area (Å²) in [7, 11) is 0. The largest absolute Gasteiger partial charge is 0.462 e. The van der Waals surface area contributed by atoms with Gasteiger partial charge in [-0.3, -0.25) is 0 Å². The molecule has 0 radical (unpaired) electrons. The maximum absolute atomic E-state index is 13.2. The molecule has 1 aromatic rings. The maximum atomic E-state index is 13.2. The molecule has 15 heavy (non-hydrogen) atoms. The van der Waals surface area contributed by atoms with Gasteiger partial charge in [0.1, 0.15) is 11.6 Å². The van der Waals surface area contributed by atoms with Crippen molar-refractivity contribution < 1.29 is 18.3 Å². The third-order valence-electron chi connectivity index (χ3n) is 1.79. The van der Waals surface area contributed by atoms with E-state index in [1.807, 2.05) is 0 Å². The van der Waals surface area contributed by atoms with E-state index in [0.717, 1.165) is 12.1 Å². The molecule has 4 heteroatoms. The van der Waals surface area contributed by atoms with Crippen molar-refractivity contribution in [2.75, 3.05) is 6.61 Å². The van der Waals surface area contributed by atoms with Gasteiger partial charge in [0.15, 0.2) is 0 Å². The zero-order valence-corrected chi connectivity index (χ0v) is 8.22. The lowest BCUT2D eigenvalue weighted by Gasteiger charge is -2.07. The molecule has 2 nitrogen and oxygen atoms in total. The predicted molar refractivity (Wildman–Crippen MR) is 52.0 cm³/mol. The topological polar surface area (TPSA) is 26.3 Å². The summed E-state index contributed by atoms with van der Waals surface area (Å²) in [4.78, 5) is 11.2. The number of rotatable bonds is 3. The van der Waals surface area contributed by atoms with E-state index < -0.39 is 23.2 Å². The Hall–Kier alpha value is -1.71. The summed E-state index contributed by atoms with van der Waals surface area (Å²) in [5.74, 6) is -2.47. The smallest absolute Gasteiger partial charge is 0.338 e. The molecule has 0 N–H and O–H groups in total. The van der Waals surface area contributed by atoms with Crippen LogP contribution in [-0.2, 0) is 9.53 Å². The van der Waals surface area contributed by atoms with Crippen LogP contribution < -0.4 is 0 Å². The maximum Gasteiger partial charge on any atom is 0.338 e. The van der Waals surface area contributed by atoms with Crippen molar-refractivity contribution in [3.63, 3.8) is 0 Å². The molecule has 0 aliphatic carbocycles. The minimum Gasteiger partial charge on any atom is -0.462 e. The number of ether oxygens (including phenoxy) is 1. The number of hydrogen-bond donors (Lipinski definition) is 0. The molecule has 0 saturated carbocycles. The third kappa shape index (κ3) is 2.40. The second-order valence-corrected chi connectivity index (χ2v) is 2.80. The van der Waals surface area contributed by atoms with Crippen LogP contribution in [0.1, 0.15) is 12.5 Å². The Bertz CT molecular complexity index is 379. The van der Waals surface area contributed by atoms with Gasteiger partial charge in [0, 0.05) is 0 Å². The number of carbonyl (C=O) groups excluding carboxylic acids is 1. The normalized spacial score (nSPS) is 9.80. The van der Waals surface area contributed by atoms with Crippen LogP contribution in [0.2, 0.25) is 0 Å². The fraction of sp³-hybridized carbons (Fsp3) is 0.182. The summed E-state index contributed by atoms with van der Waals surface area (Å²) in [6, 6.07) is 3.33. The van der Waals surface area contributed by atoms with Crippen molar-refractivity contribution in [1.29, 1.82) is 0 Å². The zero-order valence-electron chi connectivity index (χ0n) is 8.22. The fourth-order valence-electron chi connectivity index (χ4n) is 1.11. The predicted octanol–water partition coefficient (Wildman–Crippen LogP) is 2.54. The third-order valence-corrected chi connectivity index (χ3v) is 1.79. The minimum atomic E-state index is -0.826. The Balaban J connectivity index is 3.06. The number of carbonyl (C=O) groups is 1. The SMILES string of the molecule is C=C(C(=O)OCC)c1c(F)cccc1F. The van der Waals surface area contributed by atoms with E-state index in [-0.39, 0.29) is 12.2 Å². The zero-order chi connectivity index (χ0) is 11.4. The summed E-state index contributed by atoms with van der Waals surface area (Å²) in [5.41, 5.74) is -0.747. The molecular weight excluding hydrogens is 202 g/mol. The van der Waals surface area contributed by atoms with Crippen LogP contribution in [-0.4, -0.2) is 12.6 Å². The van der Waals surface area contributed by atoms with Gasteiger partial charge in [-0.2, -0.15) is 0 Å². The monoisotopic (exact) mass is 212 g/mol. The van der Waals surface area contributed by atoms with Crippen LogP contribution >= 0.6 is 0 Å². The van der Waals surface area contributed by atoms with E-state index >= 15 is 0 Å². The Morgan fingerprint density at radius 3 is 2.40 bits per heavy atom. The molecule has 0 fully saturated rings. The van der Waals surface area contributed by atoms with Gasteiger partial charge in [-0.15, -0.1) is 0 Å². The standard InChI is InChI=1S/C11H10F2O2/c1-3-15-11(14)7(2)10-8(12)5-4-6-9(10)13/h4-6H,2-3H2,1H3. The Morgan fingerprint density at radius 2 is 1.93 bits per heavy atom. The Morgan fingerprint density at radius 1 is 1.40 bits per heavy atom. The lowest BCUT2D eigenvalue weighted by molar-refractivity contribution is -0.136. The van der Waals surface area contributed by atoms with E-state index in [1.54, 1.807) is 6.92 Å². The number of hydrogen-bond acceptors (Lipinski definition) is 2. The van der Waals surface area contributed by atoms with Gasteiger partial charge in [-0.25, -0.2) is 13.6 Å². The first-order valence-corrected chi connectivity index (χ1v) is 4.38. The average molecular weight is 212 g/mol. The molecule has 0 aliphatic heterocycles. The number of esters is 1. The van der Waals surface area contributed by atoms with Crippen LogP contribution in [0.3, 0.4) is 0 Å². The van der Waals surface area contributed by atoms with Crippen LogP contribution in [0.4, 0.5) is 8.78 Å². The molecule has 0 amide bonds. The summed E-state index contributed by atoms with van der Waals surface area (Å²) in [6.07, 6.45) is 0. The van der Waals surface area contributed by atoms with E-state index in [0.29, 0.717) is 0 Å². The van der Waals surface area contributed by atoms with Crippen LogP contribution in [0.5, 0.6) is 0 Å². The Kier molecular flexibility index (Phi) is 3.55. The molecule has 0 atom stereocenters. The fourth-order valence-corrected chi connectivity index (χ4v) is 1.11. The molecule has 0 saturated heterocycles. The van der Waals surface area contributed by atoms with Crippen molar-refractivity contribution in [3.8, 4) is 0 Å². The molecule has 0 spiro atoms. The van der Waals surface area contributed by atoms with Gasteiger partial charge in [0.05, 0.1) is 17.7 Å². The molecule has 1 rings (SSSR count). The number of benzene rings is 1. The molecule has 0 unspecified atom stereocenters. The van der Waals surface area contributed by atoms with Crippen LogP contribution in [0.15, 0.2) is 24.8 Å². The van der Waals surface area contributed by atoms with Crippen LogP contribution in [0.25, 0.3) is 5.57 Å². The Labute approximate surface area is 86.2 Å². The lowest BCUT2D eigenvalue weighted by Crippen LogP contribution is -2.08. The van der Waals surface area contributed by atoms with E-state index in [9.17, 15) is 13.6 Å². The first-order valence-electron chi connectivity index (χ1n) is 4.38. The second kappa shape index (κ2) is 4.68. The van der Waals surface area contributed by atoms with Gasteiger partial charge in [0.25, 0.3) is 0 Å². The summed E-state index contributed by atoms with van der Waals surface area (Å²) in [6.45, 7) is 5.04. The van der Waals surface area contributed by atoms with Gasteiger partial charge in [0.2, 0.25) is 0 Å². The van der Waals surface area contributed by atoms with Gasteiger partial charge < -0.3 is 4.74 Å². The molecule has 1 aromatic carbocycles. The molecule has 0 aliphatic rings. The average Bonchev–Trinajstić information content (AvgIpc) is 2.17. The summed E-state index contributed by atoms with van der Waals surface area (Å²) >= 11 is 0. The van der Waals surface area contributed by atoms with Crippen molar-refractivity contribution in [2.45, 2.75) is 6.92 Å². The van der Waals surface area contributed by atoms with Crippen molar-refractivity contribution in [3.05, 3.63) is 42.0 Å². The lowest BCUT2D eigenvalue weighted by atomic mass is 10.1. The van der Waals surface area contributed by atoms with Crippen molar-refractivity contribution in [1.82, 2.24) is 0 Å². The van der Waals surface area contributed by atoms with Gasteiger partial charge in [-0.05, 0) is 19.1 Å². The van der Waals surface area contributed by atoms with E-state index in [1.165, 1.54) is 6.07 Å². The van der Waals surface area contributed by atoms with Crippen molar-refractivity contribution >= 4 is 11.5 Å². The second-order valence-electron chi connectivity index (χ2n) is 2.80. The van der Waals surface area contributed by atoms with E-state index in [4.69, 9.17) is 0 Å². The first kappa shape index (κ1) is 11.4. The molecule has 80 valence electrons. The van der Waals surface area contributed by atoms with Gasteiger partial charge >= 0.3 is 5.97 Å². The molecule has 0 bridgehead atoms. The highest BCUT2D eigenvalue weighted by molar-refractivity contribution is 6.15. The molecule has 0 heterocycles. The first-order chi connectivity index (χ1) is 7.07. The van der Waals surface area contributed by atoms with Crippen LogP contribution in [0, 0.1) is 11.6 Å². The molecule has 0 aromatic heterocycles. The van der Waals surface area contributed by atoms with E-state index in [2.05, 4.69) is 11.3 Å².